The zero-order chi connectivity index (χ0) is 13.1. The number of rotatable bonds is 10. The van der Waals surface area contributed by atoms with Crippen LogP contribution in [0.15, 0.2) is 0 Å². The number of hydrogen-bond acceptors (Lipinski definition) is 1. The first-order valence-electron chi connectivity index (χ1n) is 6.95. The maximum Gasteiger partial charge on any atom is 0.220 e. The quantitative estimate of drug-likeness (QED) is 0.465. The Balaban J connectivity index is 3.61. The van der Waals surface area contributed by atoms with Crippen LogP contribution in [0.2, 0.25) is 0 Å². The molecule has 0 aliphatic rings. The minimum absolute atomic E-state index is 0.139. The molecule has 0 radical (unpaired) electrons. The highest BCUT2D eigenvalue weighted by Gasteiger charge is 2.12. The van der Waals surface area contributed by atoms with Crippen molar-refractivity contribution in [1.82, 2.24) is 5.32 Å². The van der Waals surface area contributed by atoms with Gasteiger partial charge in [-0.1, -0.05) is 46.5 Å². The van der Waals surface area contributed by atoms with E-state index in [1.165, 1.54) is 19.3 Å². The molecular formula is C14H28ClNO. The molecule has 17 heavy (non-hydrogen) atoms. The Morgan fingerprint density at radius 3 is 2.35 bits per heavy atom. The molecule has 3 heteroatoms. The molecule has 0 fully saturated rings. The lowest BCUT2D eigenvalue weighted by Crippen LogP contribution is -2.36. The molecule has 0 aromatic rings. The number of nitrogens with one attached hydrogen (secondary N) is 1. The van der Waals surface area contributed by atoms with E-state index in [-0.39, 0.29) is 11.9 Å². The molecule has 1 amide bonds. The van der Waals surface area contributed by atoms with Gasteiger partial charge in [0.2, 0.25) is 5.91 Å². The number of unbranched alkanes of at least 4 members (excludes halogenated alkanes) is 4. The van der Waals surface area contributed by atoms with E-state index in [9.17, 15) is 4.79 Å². The number of carbonyl (C=O) groups excluding carboxylic acids is 1. The van der Waals surface area contributed by atoms with Crippen molar-refractivity contribution in [2.75, 3.05) is 5.88 Å². The summed E-state index contributed by atoms with van der Waals surface area (Å²) < 4.78 is 0. The fourth-order valence-corrected chi connectivity index (χ4v) is 2.12. The van der Waals surface area contributed by atoms with E-state index in [4.69, 9.17) is 11.6 Å². The molecule has 0 saturated carbocycles. The molecule has 0 saturated heterocycles. The first kappa shape index (κ1) is 16.8. The molecule has 0 spiro atoms. The Labute approximate surface area is 111 Å². The molecule has 0 aromatic heterocycles. The van der Waals surface area contributed by atoms with Crippen molar-refractivity contribution < 1.29 is 4.79 Å². The molecule has 2 nitrogen and oxygen atoms in total. The molecule has 0 rings (SSSR count). The number of amides is 1. The summed E-state index contributed by atoms with van der Waals surface area (Å²) in [6.07, 6.45) is 7.54. The molecule has 0 aliphatic carbocycles. The SMILES string of the molecule is CCCCCCCC(=O)NC(CCl)CC(C)C. The van der Waals surface area contributed by atoms with Crippen LogP contribution in [0.25, 0.3) is 0 Å². The largest absolute Gasteiger partial charge is 0.352 e. The number of hydrogen-bond donors (Lipinski definition) is 1. The van der Waals surface area contributed by atoms with E-state index >= 15 is 0 Å². The summed E-state index contributed by atoms with van der Waals surface area (Å²) in [6, 6.07) is 0.139. The summed E-state index contributed by atoms with van der Waals surface area (Å²) in [5.74, 6) is 1.25. The Kier molecular flexibility index (Phi) is 10.7. The average molecular weight is 262 g/mol. The highest BCUT2D eigenvalue weighted by Crippen LogP contribution is 2.08. The molecule has 1 N–H and O–H groups in total. The lowest BCUT2D eigenvalue weighted by Gasteiger charge is -2.18. The number of carbonyl (C=O) groups is 1. The van der Waals surface area contributed by atoms with Gasteiger partial charge in [-0.25, -0.2) is 0 Å². The Morgan fingerprint density at radius 1 is 1.18 bits per heavy atom. The molecule has 0 heterocycles. The van der Waals surface area contributed by atoms with Crippen LogP contribution >= 0.6 is 11.6 Å². The van der Waals surface area contributed by atoms with Gasteiger partial charge in [0.25, 0.3) is 0 Å². The van der Waals surface area contributed by atoms with Crippen LogP contribution in [0, 0.1) is 5.92 Å². The van der Waals surface area contributed by atoms with E-state index in [1.54, 1.807) is 0 Å². The average Bonchev–Trinajstić information content (AvgIpc) is 2.27. The Bertz CT molecular complexity index is 195. The van der Waals surface area contributed by atoms with E-state index in [1.807, 2.05) is 0 Å². The van der Waals surface area contributed by atoms with E-state index in [2.05, 4.69) is 26.1 Å². The zero-order valence-electron chi connectivity index (χ0n) is 11.6. The van der Waals surface area contributed by atoms with Crippen LogP contribution in [0.4, 0.5) is 0 Å². The van der Waals surface area contributed by atoms with Crippen molar-refractivity contribution in [3.05, 3.63) is 0 Å². The van der Waals surface area contributed by atoms with Crippen molar-refractivity contribution in [2.45, 2.75) is 71.8 Å². The van der Waals surface area contributed by atoms with Gasteiger partial charge in [0.15, 0.2) is 0 Å². The van der Waals surface area contributed by atoms with E-state index < -0.39 is 0 Å². The predicted molar refractivity (Wildman–Crippen MR) is 75.5 cm³/mol. The first-order valence-corrected chi connectivity index (χ1v) is 7.48. The highest BCUT2D eigenvalue weighted by atomic mass is 35.5. The van der Waals surface area contributed by atoms with Gasteiger partial charge in [0.05, 0.1) is 0 Å². The summed E-state index contributed by atoms with van der Waals surface area (Å²) >= 11 is 5.84. The molecule has 0 aromatic carbocycles. The molecule has 0 bridgehead atoms. The summed E-state index contributed by atoms with van der Waals surface area (Å²) in [7, 11) is 0. The number of alkyl halides is 1. The number of halogens is 1. The lowest BCUT2D eigenvalue weighted by atomic mass is 10.0. The van der Waals surface area contributed by atoms with Gasteiger partial charge in [-0.3, -0.25) is 4.79 Å². The summed E-state index contributed by atoms with van der Waals surface area (Å²) in [6.45, 7) is 6.50. The standard InChI is InChI=1S/C14H28ClNO/c1-4-5-6-7-8-9-14(17)16-13(11-15)10-12(2)3/h12-13H,4-11H2,1-3H3,(H,16,17). The smallest absolute Gasteiger partial charge is 0.220 e. The summed E-state index contributed by atoms with van der Waals surface area (Å²) in [4.78, 5) is 11.7. The Morgan fingerprint density at radius 2 is 1.82 bits per heavy atom. The van der Waals surface area contributed by atoms with Crippen LogP contribution in [-0.2, 0) is 4.79 Å². The summed E-state index contributed by atoms with van der Waals surface area (Å²) in [5, 5.41) is 3.02. The van der Waals surface area contributed by atoms with Crippen LogP contribution < -0.4 is 5.32 Å². The van der Waals surface area contributed by atoms with Crippen LogP contribution in [-0.4, -0.2) is 17.8 Å². The van der Waals surface area contributed by atoms with Crippen LogP contribution in [0.5, 0.6) is 0 Å². The predicted octanol–water partition coefficient (Wildman–Crippen LogP) is 4.12. The van der Waals surface area contributed by atoms with E-state index in [0.717, 1.165) is 19.3 Å². The van der Waals surface area contributed by atoms with Crippen LogP contribution in [0.1, 0.15) is 65.7 Å². The maximum absolute atomic E-state index is 11.7. The lowest BCUT2D eigenvalue weighted by molar-refractivity contribution is -0.121. The molecular weight excluding hydrogens is 234 g/mol. The minimum Gasteiger partial charge on any atom is -0.352 e. The van der Waals surface area contributed by atoms with Gasteiger partial charge in [0, 0.05) is 18.3 Å². The molecule has 102 valence electrons. The summed E-state index contributed by atoms with van der Waals surface area (Å²) in [5.41, 5.74) is 0. The molecule has 1 atom stereocenters. The fraction of sp³-hybridized carbons (Fsp3) is 0.929. The third kappa shape index (κ3) is 10.6. The third-order valence-electron chi connectivity index (χ3n) is 2.81. The van der Waals surface area contributed by atoms with Crippen molar-refractivity contribution >= 4 is 17.5 Å². The van der Waals surface area contributed by atoms with Gasteiger partial charge in [-0.2, -0.15) is 0 Å². The first-order chi connectivity index (χ1) is 8.10. The van der Waals surface area contributed by atoms with Crippen molar-refractivity contribution in [1.29, 1.82) is 0 Å². The molecule has 1 unspecified atom stereocenters. The highest BCUT2D eigenvalue weighted by molar-refractivity contribution is 6.18. The van der Waals surface area contributed by atoms with Gasteiger partial charge in [-0.05, 0) is 18.8 Å². The van der Waals surface area contributed by atoms with Gasteiger partial charge in [0.1, 0.15) is 0 Å². The van der Waals surface area contributed by atoms with Crippen LogP contribution in [0.3, 0.4) is 0 Å². The molecule has 0 aliphatic heterocycles. The van der Waals surface area contributed by atoms with Gasteiger partial charge >= 0.3 is 0 Å². The van der Waals surface area contributed by atoms with Gasteiger partial charge < -0.3 is 5.32 Å². The van der Waals surface area contributed by atoms with Crippen molar-refractivity contribution in [3.8, 4) is 0 Å². The Hall–Kier alpha value is -0.240. The topological polar surface area (TPSA) is 29.1 Å². The van der Waals surface area contributed by atoms with Crippen molar-refractivity contribution in [3.63, 3.8) is 0 Å². The monoisotopic (exact) mass is 261 g/mol. The third-order valence-corrected chi connectivity index (χ3v) is 3.19. The van der Waals surface area contributed by atoms with E-state index in [0.29, 0.717) is 18.2 Å². The fourth-order valence-electron chi connectivity index (χ4n) is 1.92. The second kappa shape index (κ2) is 10.9. The normalized spacial score (nSPS) is 12.8. The van der Waals surface area contributed by atoms with Gasteiger partial charge in [-0.15, -0.1) is 11.6 Å². The zero-order valence-corrected chi connectivity index (χ0v) is 12.4. The van der Waals surface area contributed by atoms with Crippen molar-refractivity contribution in [2.24, 2.45) is 5.92 Å². The second-order valence-electron chi connectivity index (χ2n) is 5.21. The maximum atomic E-state index is 11.7. The second-order valence-corrected chi connectivity index (χ2v) is 5.52. The minimum atomic E-state index is 0.139.